The van der Waals surface area contributed by atoms with Gasteiger partial charge in [-0.15, -0.1) is 0 Å². The Labute approximate surface area is 281 Å². The highest BCUT2D eigenvalue weighted by molar-refractivity contribution is 6.30. The first kappa shape index (κ1) is 32.4. The number of fused-ring (bicyclic) bond motifs is 1. The topological polar surface area (TPSA) is 181 Å². The number of hydrogen-bond acceptors (Lipinski definition) is 8. The van der Waals surface area contributed by atoms with Crippen LogP contribution in [0.3, 0.4) is 0 Å². The SMILES string of the molecule is Cc1ccc(Nc2ncc3c(n2)N(C)C(=O)N(c2cc(C(=O)N4CC(C(N)=O)C(C(N)=O)C4Cc4ccc(Cl)cc4)ccc2C)C3)cn1. The van der Waals surface area contributed by atoms with Gasteiger partial charge in [0.05, 0.1) is 30.3 Å². The average Bonchev–Trinajstić information content (AvgIpc) is 3.45. The highest BCUT2D eigenvalue weighted by atomic mass is 35.5. The summed E-state index contributed by atoms with van der Waals surface area (Å²) >= 11 is 6.07. The first-order valence-corrected chi connectivity index (χ1v) is 15.6. The number of aromatic nitrogens is 3. The average molecular weight is 668 g/mol. The van der Waals surface area contributed by atoms with E-state index in [2.05, 4.69) is 20.3 Å². The maximum atomic E-state index is 14.2. The lowest BCUT2D eigenvalue weighted by Gasteiger charge is -2.35. The van der Waals surface area contributed by atoms with E-state index in [9.17, 15) is 19.2 Å². The number of nitrogens with two attached hydrogens (primary N) is 2. The highest BCUT2D eigenvalue weighted by Gasteiger charge is 2.49. The van der Waals surface area contributed by atoms with Crippen molar-refractivity contribution in [1.29, 1.82) is 0 Å². The van der Waals surface area contributed by atoms with Crippen molar-refractivity contribution in [3.63, 3.8) is 0 Å². The first-order valence-electron chi connectivity index (χ1n) is 15.3. The number of nitrogens with one attached hydrogen (secondary N) is 1. The van der Waals surface area contributed by atoms with E-state index in [0.717, 1.165) is 16.8 Å². The van der Waals surface area contributed by atoms with Gasteiger partial charge in [0, 0.05) is 53.4 Å². The summed E-state index contributed by atoms with van der Waals surface area (Å²) in [6.45, 7) is 3.83. The van der Waals surface area contributed by atoms with Gasteiger partial charge in [0.1, 0.15) is 5.82 Å². The molecule has 0 spiro atoms. The summed E-state index contributed by atoms with van der Waals surface area (Å²) in [4.78, 5) is 70.8. The number of likely N-dealkylation sites (tertiary alicyclic amines) is 1. The number of anilines is 4. The summed E-state index contributed by atoms with van der Waals surface area (Å²) in [7, 11) is 1.63. The Hall–Kier alpha value is -5.56. The van der Waals surface area contributed by atoms with E-state index in [1.165, 1.54) is 9.80 Å². The van der Waals surface area contributed by atoms with Gasteiger partial charge in [-0.1, -0.05) is 29.8 Å². The Morgan fingerprint density at radius 1 is 0.979 bits per heavy atom. The molecule has 2 aromatic heterocycles. The molecule has 1 fully saturated rings. The molecule has 0 saturated carbocycles. The molecule has 3 atom stereocenters. The Bertz CT molecular complexity index is 1920. The molecule has 48 heavy (non-hydrogen) atoms. The Kier molecular flexibility index (Phi) is 8.71. The van der Waals surface area contributed by atoms with Gasteiger partial charge in [0.25, 0.3) is 5.91 Å². The molecule has 13 nitrogen and oxygen atoms in total. The Morgan fingerprint density at radius 2 is 1.73 bits per heavy atom. The summed E-state index contributed by atoms with van der Waals surface area (Å²) in [5.41, 5.74) is 16.1. The van der Waals surface area contributed by atoms with Crippen LogP contribution in [0, 0.1) is 25.7 Å². The van der Waals surface area contributed by atoms with Crippen LogP contribution in [-0.4, -0.2) is 63.2 Å². The number of nitrogens with zero attached hydrogens (tertiary/aromatic N) is 6. The van der Waals surface area contributed by atoms with Crippen LogP contribution in [-0.2, 0) is 22.6 Å². The molecule has 2 aromatic carbocycles. The number of carbonyl (C=O) groups excluding carboxylic acids is 4. The fraction of sp³-hybridized carbons (Fsp3) is 0.265. The number of urea groups is 1. The smallest absolute Gasteiger partial charge is 0.330 e. The van der Waals surface area contributed by atoms with Crippen LogP contribution in [0.4, 0.5) is 27.9 Å². The van der Waals surface area contributed by atoms with Gasteiger partial charge >= 0.3 is 6.03 Å². The summed E-state index contributed by atoms with van der Waals surface area (Å²) in [5.74, 6) is -3.01. The molecule has 5 amide bonds. The van der Waals surface area contributed by atoms with Crippen molar-refractivity contribution in [2.45, 2.75) is 32.9 Å². The predicted molar refractivity (Wildman–Crippen MR) is 181 cm³/mol. The lowest BCUT2D eigenvalue weighted by atomic mass is 9.86. The molecule has 4 heterocycles. The van der Waals surface area contributed by atoms with Crippen molar-refractivity contribution in [2.75, 3.05) is 28.7 Å². The maximum Gasteiger partial charge on any atom is 0.330 e. The zero-order valence-corrected chi connectivity index (χ0v) is 27.3. The van der Waals surface area contributed by atoms with Crippen molar-refractivity contribution in [2.24, 2.45) is 23.3 Å². The van der Waals surface area contributed by atoms with Gasteiger partial charge in [0.15, 0.2) is 0 Å². The van der Waals surface area contributed by atoms with Crippen LogP contribution in [0.15, 0.2) is 67.0 Å². The van der Waals surface area contributed by atoms with Gasteiger partial charge in [-0.3, -0.25) is 29.2 Å². The molecule has 1 saturated heterocycles. The molecule has 3 unspecified atom stereocenters. The molecule has 4 aromatic rings. The van der Waals surface area contributed by atoms with Gasteiger partial charge in [-0.05, 0) is 67.8 Å². The summed E-state index contributed by atoms with van der Waals surface area (Å²) in [6, 6.07) is 14.7. The molecular formula is C34H34ClN9O4. The second-order valence-corrected chi connectivity index (χ2v) is 12.5. The Balaban J connectivity index is 1.29. The zero-order chi connectivity index (χ0) is 34.3. The normalized spacial score (nSPS) is 18.9. The minimum Gasteiger partial charge on any atom is -0.369 e. The van der Waals surface area contributed by atoms with E-state index in [1.54, 1.807) is 66.8 Å². The molecule has 14 heteroatoms. The number of hydrogen-bond donors (Lipinski definition) is 3. The predicted octanol–water partition coefficient (Wildman–Crippen LogP) is 3.73. The standard InChI is InChI=1S/C34H34ClN9O4/c1-18-4-8-21(32(47)43-17-25(29(36)45)28(30(37)46)27(43)12-20-6-9-23(35)10-7-20)13-26(18)44-16-22-14-39-33(41-31(22)42(3)34(44)48)40-24-11-5-19(2)38-15-24/h4-11,13-15,25,27-28H,12,16-17H2,1-3H3,(H2,36,45)(H2,37,46)(H,39,40,41). The largest absolute Gasteiger partial charge is 0.369 e. The van der Waals surface area contributed by atoms with Crippen molar-refractivity contribution in [3.05, 3.63) is 100.0 Å². The summed E-state index contributed by atoms with van der Waals surface area (Å²) in [5, 5.41) is 3.65. The van der Waals surface area contributed by atoms with Crippen LogP contribution in [0.5, 0.6) is 0 Å². The fourth-order valence-electron chi connectivity index (χ4n) is 6.34. The van der Waals surface area contributed by atoms with Crippen molar-refractivity contribution in [1.82, 2.24) is 19.9 Å². The van der Waals surface area contributed by atoms with Crippen LogP contribution in [0.1, 0.15) is 32.7 Å². The molecular weight excluding hydrogens is 634 g/mol. The third-order valence-corrected chi connectivity index (χ3v) is 9.13. The lowest BCUT2D eigenvalue weighted by molar-refractivity contribution is -0.130. The number of amides is 5. The number of benzene rings is 2. The Morgan fingerprint density at radius 3 is 2.40 bits per heavy atom. The molecule has 0 aliphatic carbocycles. The zero-order valence-electron chi connectivity index (χ0n) is 26.6. The second-order valence-electron chi connectivity index (χ2n) is 12.1. The number of primary amides is 2. The molecule has 246 valence electrons. The van der Waals surface area contributed by atoms with Crippen molar-refractivity contribution < 1.29 is 19.2 Å². The minimum absolute atomic E-state index is 0.0750. The van der Waals surface area contributed by atoms with E-state index in [4.69, 9.17) is 23.1 Å². The molecule has 5 N–H and O–H groups in total. The number of carbonyl (C=O) groups is 4. The maximum absolute atomic E-state index is 14.2. The van der Waals surface area contributed by atoms with Crippen LogP contribution >= 0.6 is 11.6 Å². The van der Waals surface area contributed by atoms with E-state index in [0.29, 0.717) is 33.7 Å². The minimum atomic E-state index is -0.984. The van der Waals surface area contributed by atoms with Gasteiger partial charge in [0.2, 0.25) is 17.8 Å². The van der Waals surface area contributed by atoms with Crippen molar-refractivity contribution >= 4 is 58.5 Å². The quantitative estimate of drug-likeness (QED) is 0.254. The first-order chi connectivity index (χ1) is 22.9. The fourth-order valence-corrected chi connectivity index (χ4v) is 6.46. The molecule has 6 rings (SSSR count). The van der Waals surface area contributed by atoms with Gasteiger partial charge in [-0.25, -0.2) is 9.78 Å². The molecule has 2 aliphatic heterocycles. The number of aryl methyl sites for hydroxylation is 2. The van der Waals surface area contributed by atoms with E-state index >= 15 is 0 Å². The van der Waals surface area contributed by atoms with Crippen LogP contribution < -0.4 is 26.6 Å². The summed E-state index contributed by atoms with van der Waals surface area (Å²) < 4.78 is 0. The molecule has 2 aliphatic rings. The van der Waals surface area contributed by atoms with E-state index in [-0.39, 0.29) is 31.1 Å². The number of pyridine rings is 1. The van der Waals surface area contributed by atoms with Crippen LogP contribution in [0.2, 0.25) is 5.02 Å². The van der Waals surface area contributed by atoms with Crippen molar-refractivity contribution in [3.8, 4) is 0 Å². The summed E-state index contributed by atoms with van der Waals surface area (Å²) in [6.07, 6.45) is 3.59. The third kappa shape index (κ3) is 6.24. The van der Waals surface area contributed by atoms with E-state index in [1.807, 2.05) is 26.0 Å². The van der Waals surface area contributed by atoms with E-state index < -0.39 is 35.6 Å². The monoisotopic (exact) mass is 667 g/mol. The third-order valence-electron chi connectivity index (χ3n) is 8.87. The second kappa shape index (κ2) is 12.9. The number of halogens is 1. The highest BCUT2D eigenvalue weighted by Crippen LogP contribution is 2.36. The molecule has 0 radical (unpaired) electrons. The van der Waals surface area contributed by atoms with Gasteiger partial charge in [-0.2, -0.15) is 4.98 Å². The van der Waals surface area contributed by atoms with Gasteiger partial charge < -0.3 is 21.7 Å². The lowest BCUT2D eigenvalue weighted by Crippen LogP contribution is -2.46. The van der Waals surface area contributed by atoms with Crippen LogP contribution in [0.25, 0.3) is 0 Å². The molecule has 0 bridgehead atoms. The number of rotatable bonds is 8.